The number of anilines is 1. The topological polar surface area (TPSA) is 68.1 Å². The summed E-state index contributed by atoms with van der Waals surface area (Å²) in [7, 11) is 0. The summed E-state index contributed by atoms with van der Waals surface area (Å²) in [5.74, 6) is 0.123. The lowest BCUT2D eigenvalue weighted by Crippen LogP contribution is -1.98. The third-order valence-corrected chi connectivity index (χ3v) is 1.87. The second-order valence-electron chi connectivity index (χ2n) is 2.79. The molecule has 1 aromatic rings. The Labute approximate surface area is 97.6 Å². The summed E-state index contributed by atoms with van der Waals surface area (Å²) in [6.45, 7) is 1.87. The zero-order valence-corrected chi connectivity index (χ0v) is 9.31. The first-order chi connectivity index (χ1) is 7.65. The highest BCUT2D eigenvalue weighted by molar-refractivity contribution is 6.29. The van der Waals surface area contributed by atoms with Crippen LogP contribution in [0.1, 0.15) is 6.92 Å². The zero-order valence-electron chi connectivity index (χ0n) is 8.55. The Morgan fingerprint density at radius 3 is 2.88 bits per heavy atom. The Kier molecular flexibility index (Phi) is 4.47. The minimum Gasteiger partial charge on any atom is -0.341 e. The van der Waals surface area contributed by atoms with Crippen LogP contribution in [-0.4, -0.2) is 9.91 Å². The van der Waals surface area contributed by atoms with Crippen molar-refractivity contribution in [2.24, 2.45) is 0 Å². The Morgan fingerprint density at radius 2 is 2.25 bits per heavy atom. The van der Waals surface area contributed by atoms with Crippen LogP contribution in [0.3, 0.4) is 0 Å². The van der Waals surface area contributed by atoms with Gasteiger partial charge in [-0.2, -0.15) is 0 Å². The van der Waals surface area contributed by atoms with Gasteiger partial charge < -0.3 is 5.32 Å². The van der Waals surface area contributed by atoms with E-state index in [0.29, 0.717) is 0 Å². The van der Waals surface area contributed by atoms with E-state index in [1.807, 2.05) is 13.0 Å². The first-order valence-corrected chi connectivity index (χ1v) is 4.88. The molecule has 1 heterocycles. The van der Waals surface area contributed by atoms with Crippen molar-refractivity contribution in [2.45, 2.75) is 6.92 Å². The summed E-state index contributed by atoms with van der Waals surface area (Å²) in [6.07, 6.45) is 6.86. The molecule has 0 saturated heterocycles. The molecule has 0 amide bonds. The van der Waals surface area contributed by atoms with Crippen molar-refractivity contribution in [1.29, 1.82) is 0 Å². The SMILES string of the molecule is C/C=C/C=C/Nc1nc(Cl)ccc1[N+](=O)[O-]. The van der Waals surface area contributed by atoms with E-state index >= 15 is 0 Å². The van der Waals surface area contributed by atoms with Crippen molar-refractivity contribution in [2.75, 3.05) is 5.32 Å². The van der Waals surface area contributed by atoms with Gasteiger partial charge in [0.05, 0.1) is 4.92 Å². The molecule has 0 aliphatic carbocycles. The fourth-order valence-electron chi connectivity index (χ4n) is 0.975. The second kappa shape index (κ2) is 5.87. The van der Waals surface area contributed by atoms with Gasteiger partial charge in [0.25, 0.3) is 0 Å². The van der Waals surface area contributed by atoms with Crippen LogP contribution in [-0.2, 0) is 0 Å². The molecule has 0 atom stereocenters. The van der Waals surface area contributed by atoms with Crippen molar-refractivity contribution >= 4 is 23.1 Å². The lowest BCUT2D eigenvalue weighted by molar-refractivity contribution is -0.384. The normalized spacial score (nSPS) is 11.1. The van der Waals surface area contributed by atoms with Crippen LogP contribution < -0.4 is 5.32 Å². The Balaban J connectivity index is 2.92. The van der Waals surface area contributed by atoms with E-state index in [0.717, 1.165) is 0 Å². The van der Waals surface area contributed by atoms with Gasteiger partial charge in [-0.15, -0.1) is 0 Å². The van der Waals surface area contributed by atoms with Crippen LogP contribution in [0.2, 0.25) is 5.15 Å². The van der Waals surface area contributed by atoms with Crippen molar-refractivity contribution < 1.29 is 4.92 Å². The molecule has 6 heteroatoms. The maximum Gasteiger partial charge on any atom is 0.311 e. The highest BCUT2D eigenvalue weighted by Gasteiger charge is 2.14. The first-order valence-electron chi connectivity index (χ1n) is 4.50. The molecule has 84 valence electrons. The molecule has 0 aliphatic rings. The maximum absolute atomic E-state index is 10.7. The van der Waals surface area contributed by atoms with Crippen LogP contribution in [0.25, 0.3) is 0 Å². The van der Waals surface area contributed by atoms with E-state index in [-0.39, 0.29) is 16.7 Å². The fraction of sp³-hybridized carbons (Fsp3) is 0.100. The van der Waals surface area contributed by atoms with Crippen LogP contribution in [0, 0.1) is 10.1 Å². The number of rotatable bonds is 4. The van der Waals surface area contributed by atoms with Gasteiger partial charge in [0.2, 0.25) is 5.82 Å². The van der Waals surface area contributed by atoms with Crippen LogP contribution >= 0.6 is 11.6 Å². The third-order valence-electron chi connectivity index (χ3n) is 1.66. The summed E-state index contributed by atoms with van der Waals surface area (Å²) in [5, 5.41) is 13.6. The quantitative estimate of drug-likeness (QED) is 0.379. The molecule has 0 saturated carbocycles. The molecule has 0 aliphatic heterocycles. The number of aromatic nitrogens is 1. The summed E-state index contributed by atoms with van der Waals surface area (Å²) in [5.41, 5.74) is -0.116. The highest BCUT2D eigenvalue weighted by atomic mass is 35.5. The molecule has 0 radical (unpaired) electrons. The van der Waals surface area contributed by atoms with Gasteiger partial charge in [0.15, 0.2) is 0 Å². The molecule has 1 rings (SSSR count). The molecule has 0 fully saturated rings. The standard InChI is InChI=1S/C10H10ClN3O2/c1-2-3-4-7-12-10-8(14(15)16)5-6-9(11)13-10/h2-7H,1H3,(H,12,13)/b3-2+,7-4+. The van der Waals surface area contributed by atoms with Gasteiger partial charge in [0, 0.05) is 12.3 Å². The molecule has 0 bridgehead atoms. The smallest absolute Gasteiger partial charge is 0.311 e. The van der Waals surface area contributed by atoms with Gasteiger partial charge in [0.1, 0.15) is 5.15 Å². The van der Waals surface area contributed by atoms with E-state index < -0.39 is 4.92 Å². The Hall–Kier alpha value is -1.88. The molecule has 5 nitrogen and oxygen atoms in total. The van der Waals surface area contributed by atoms with Gasteiger partial charge in [-0.25, -0.2) is 4.98 Å². The number of nitrogens with zero attached hydrogens (tertiary/aromatic N) is 2. The largest absolute Gasteiger partial charge is 0.341 e. The molecule has 0 unspecified atom stereocenters. The molecule has 0 aromatic carbocycles. The number of pyridine rings is 1. The summed E-state index contributed by atoms with van der Waals surface area (Å²) >= 11 is 5.65. The van der Waals surface area contributed by atoms with E-state index in [9.17, 15) is 10.1 Å². The Morgan fingerprint density at radius 1 is 1.50 bits per heavy atom. The van der Waals surface area contributed by atoms with E-state index in [1.54, 1.807) is 18.4 Å². The van der Waals surface area contributed by atoms with E-state index in [1.165, 1.54) is 12.1 Å². The molecule has 0 spiro atoms. The van der Waals surface area contributed by atoms with Crippen molar-refractivity contribution in [1.82, 2.24) is 4.98 Å². The van der Waals surface area contributed by atoms with Crippen LogP contribution in [0.15, 0.2) is 36.6 Å². The van der Waals surface area contributed by atoms with Crippen LogP contribution in [0.5, 0.6) is 0 Å². The monoisotopic (exact) mass is 239 g/mol. The van der Waals surface area contributed by atoms with Gasteiger partial charge >= 0.3 is 5.69 Å². The van der Waals surface area contributed by atoms with Gasteiger partial charge in [-0.3, -0.25) is 10.1 Å². The lowest BCUT2D eigenvalue weighted by atomic mass is 10.4. The van der Waals surface area contributed by atoms with Gasteiger partial charge in [-0.1, -0.05) is 23.8 Å². The summed E-state index contributed by atoms with van der Waals surface area (Å²) < 4.78 is 0. The molecule has 1 N–H and O–H groups in total. The average molecular weight is 240 g/mol. The molecule has 1 aromatic heterocycles. The number of allylic oxidation sites excluding steroid dienone is 3. The zero-order chi connectivity index (χ0) is 12.0. The van der Waals surface area contributed by atoms with Crippen molar-refractivity contribution in [3.8, 4) is 0 Å². The van der Waals surface area contributed by atoms with E-state index in [2.05, 4.69) is 10.3 Å². The van der Waals surface area contributed by atoms with Gasteiger partial charge in [-0.05, 0) is 19.1 Å². The summed E-state index contributed by atoms with van der Waals surface area (Å²) in [6, 6.07) is 2.68. The maximum atomic E-state index is 10.7. The number of hydrogen-bond donors (Lipinski definition) is 1. The van der Waals surface area contributed by atoms with Crippen molar-refractivity contribution in [3.05, 3.63) is 51.8 Å². The minimum atomic E-state index is -0.519. The highest BCUT2D eigenvalue weighted by Crippen LogP contribution is 2.23. The number of nitrogens with one attached hydrogen (secondary N) is 1. The van der Waals surface area contributed by atoms with Crippen molar-refractivity contribution in [3.63, 3.8) is 0 Å². The fourth-order valence-corrected chi connectivity index (χ4v) is 1.12. The van der Waals surface area contributed by atoms with E-state index in [4.69, 9.17) is 11.6 Å². The minimum absolute atomic E-state index is 0.116. The average Bonchev–Trinajstić information content (AvgIpc) is 2.24. The first kappa shape index (κ1) is 12.2. The third kappa shape index (κ3) is 3.36. The number of nitro groups is 1. The summed E-state index contributed by atoms with van der Waals surface area (Å²) in [4.78, 5) is 14.0. The molecular weight excluding hydrogens is 230 g/mol. The predicted molar refractivity (Wildman–Crippen MR) is 63.5 cm³/mol. The number of hydrogen-bond acceptors (Lipinski definition) is 4. The second-order valence-corrected chi connectivity index (χ2v) is 3.18. The predicted octanol–water partition coefficient (Wildman–Crippen LogP) is 3.14. The molecule has 16 heavy (non-hydrogen) atoms. The number of halogens is 1. The lowest BCUT2D eigenvalue weighted by Gasteiger charge is -2.01. The Bertz CT molecular complexity index is 444. The molecular formula is C10H10ClN3O2. The van der Waals surface area contributed by atoms with Crippen LogP contribution in [0.4, 0.5) is 11.5 Å².